The van der Waals surface area contributed by atoms with Crippen molar-refractivity contribution in [3.05, 3.63) is 22.7 Å². The second-order valence-electron chi connectivity index (χ2n) is 5.31. The quantitative estimate of drug-likeness (QED) is 0.836. The lowest BCUT2D eigenvalue weighted by Gasteiger charge is -2.24. The van der Waals surface area contributed by atoms with Crippen LogP contribution in [0.15, 0.2) is 12.1 Å². The smallest absolute Gasteiger partial charge is 0.257 e. The van der Waals surface area contributed by atoms with Gasteiger partial charge in [0.2, 0.25) is 0 Å². The van der Waals surface area contributed by atoms with Crippen LogP contribution in [0.1, 0.15) is 24.5 Å². The second-order valence-corrected chi connectivity index (χ2v) is 5.72. The molecule has 0 saturated heterocycles. The molecule has 0 aromatic heterocycles. The van der Waals surface area contributed by atoms with E-state index >= 15 is 0 Å². The minimum atomic E-state index is -1.14. The predicted octanol–water partition coefficient (Wildman–Crippen LogP) is 2.18. The number of terminal acetylenes is 1. The molecule has 3 rings (SSSR count). The Morgan fingerprint density at radius 2 is 2.25 bits per heavy atom. The number of anilines is 2. The van der Waals surface area contributed by atoms with Crippen molar-refractivity contribution in [2.45, 2.75) is 18.9 Å². The minimum absolute atomic E-state index is 0.418. The molecule has 2 aliphatic rings. The zero-order chi connectivity index (χ0) is 14.3. The average molecular weight is 291 g/mol. The maximum absolute atomic E-state index is 11.5. The Labute approximate surface area is 122 Å². The van der Waals surface area contributed by atoms with Gasteiger partial charge in [0.05, 0.1) is 17.3 Å². The third-order valence-electron chi connectivity index (χ3n) is 3.72. The Morgan fingerprint density at radius 1 is 1.50 bits per heavy atom. The molecule has 104 valence electrons. The third kappa shape index (κ3) is 2.35. The number of benzene rings is 1. The molecule has 1 aromatic rings. The zero-order valence-corrected chi connectivity index (χ0v) is 11.7. The molecule has 5 heteroatoms. The van der Waals surface area contributed by atoms with Crippen molar-refractivity contribution in [3.8, 4) is 12.3 Å². The Kier molecular flexibility index (Phi) is 3.33. The van der Waals surface area contributed by atoms with Crippen molar-refractivity contribution < 1.29 is 9.90 Å². The van der Waals surface area contributed by atoms with Crippen LogP contribution < -0.4 is 10.2 Å². The van der Waals surface area contributed by atoms with E-state index in [4.69, 9.17) is 18.0 Å². The molecular formula is C15H15ClN2O2. The number of aliphatic hydroxyl groups excluding tert-OH is 1. The van der Waals surface area contributed by atoms with E-state index in [0.29, 0.717) is 28.7 Å². The number of hydrogen-bond acceptors (Lipinski definition) is 3. The Morgan fingerprint density at radius 3 is 2.90 bits per heavy atom. The highest BCUT2D eigenvalue weighted by Crippen LogP contribution is 2.40. The van der Waals surface area contributed by atoms with Crippen molar-refractivity contribution in [1.82, 2.24) is 0 Å². The van der Waals surface area contributed by atoms with Crippen LogP contribution >= 0.6 is 11.6 Å². The van der Waals surface area contributed by atoms with E-state index in [1.54, 1.807) is 12.1 Å². The molecule has 1 aliphatic heterocycles. The number of hydrogen-bond donors (Lipinski definition) is 2. The SMILES string of the molecule is C#CCN(CC1CC1)c1cc2c(cc1Cl)C(O)C(=O)N2. The largest absolute Gasteiger partial charge is 0.378 e. The summed E-state index contributed by atoms with van der Waals surface area (Å²) in [5, 5.41) is 12.9. The summed E-state index contributed by atoms with van der Waals surface area (Å²) < 4.78 is 0. The van der Waals surface area contributed by atoms with Gasteiger partial charge in [-0.1, -0.05) is 17.5 Å². The minimum Gasteiger partial charge on any atom is -0.378 e. The van der Waals surface area contributed by atoms with Crippen LogP contribution in [0, 0.1) is 18.3 Å². The van der Waals surface area contributed by atoms with Gasteiger partial charge in [-0.15, -0.1) is 6.42 Å². The summed E-state index contributed by atoms with van der Waals surface area (Å²) in [5.41, 5.74) is 1.94. The fraction of sp³-hybridized carbons (Fsp3) is 0.400. The van der Waals surface area contributed by atoms with Gasteiger partial charge in [0.1, 0.15) is 0 Å². The molecule has 2 N–H and O–H groups in total. The number of amides is 1. The summed E-state index contributed by atoms with van der Waals surface area (Å²) in [6.07, 6.45) is 6.73. The fourth-order valence-electron chi connectivity index (χ4n) is 2.47. The Bertz CT molecular complexity index is 605. The standard InChI is InChI=1S/C15H15ClN2O2/c1-2-5-18(8-9-3-4-9)13-7-12-10(6-11(13)16)14(19)15(20)17-12/h1,6-7,9,14,19H,3-5,8H2,(H,17,20). The van der Waals surface area contributed by atoms with Gasteiger partial charge >= 0.3 is 0 Å². The molecule has 1 saturated carbocycles. The molecular weight excluding hydrogens is 276 g/mol. The molecule has 0 bridgehead atoms. The number of halogens is 1. The van der Waals surface area contributed by atoms with Crippen LogP contribution in [-0.2, 0) is 4.79 Å². The highest BCUT2D eigenvalue weighted by molar-refractivity contribution is 6.33. The number of carbonyl (C=O) groups is 1. The summed E-state index contributed by atoms with van der Waals surface area (Å²) >= 11 is 6.29. The summed E-state index contributed by atoms with van der Waals surface area (Å²) in [6, 6.07) is 3.44. The molecule has 1 heterocycles. The lowest BCUT2D eigenvalue weighted by Crippen LogP contribution is -2.26. The normalized spacial score (nSPS) is 20.2. The molecule has 1 aromatic carbocycles. The van der Waals surface area contributed by atoms with Crippen LogP contribution in [0.2, 0.25) is 5.02 Å². The monoisotopic (exact) mass is 290 g/mol. The average Bonchev–Trinajstić information content (AvgIpc) is 3.18. The van der Waals surface area contributed by atoms with Crippen LogP contribution in [0.3, 0.4) is 0 Å². The number of aliphatic hydroxyl groups is 1. The molecule has 0 spiro atoms. The lowest BCUT2D eigenvalue weighted by molar-refractivity contribution is -0.123. The molecule has 1 amide bonds. The van der Waals surface area contributed by atoms with Gasteiger partial charge in [-0.3, -0.25) is 4.79 Å². The maximum atomic E-state index is 11.5. The van der Waals surface area contributed by atoms with Crippen molar-refractivity contribution >= 4 is 28.9 Å². The van der Waals surface area contributed by atoms with E-state index in [1.165, 1.54) is 12.8 Å². The molecule has 20 heavy (non-hydrogen) atoms. The molecule has 4 nitrogen and oxygen atoms in total. The lowest BCUT2D eigenvalue weighted by atomic mass is 10.1. The van der Waals surface area contributed by atoms with E-state index in [1.807, 2.05) is 0 Å². The van der Waals surface area contributed by atoms with Crippen LogP contribution in [0.25, 0.3) is 0 Å². The van der Waals surface area contributed by atoms with Crippen molar-refractivity contribution in [3.63, 3.8) is 0 Å². The number of carbonyl (C=O) groups excluding carboxylic acids is 1. The highest BCUT2D eigenvalue weighted by atomic mass is 35.5. The topological polar surface area (TPSA) is 52.6 Å². The molecule has 1 fully saturated rings. The number of rotatable bonds is 4. The van der Waals surface area contributed by atoms with Gasteiger partial charge in [0, 0.05) is 17.8 Å². The van der Waals surface area contributed by atoms with Gasteiger partial charge in [-0.25, -0.2) is 0 Å². The first-order valence-electron chi connectivity index (χ1n) is 6.61. The number of nitrogens with zero attached hydrogens (tertiary/aromatic N) is 1. The summed E-state index contributed by atoms with van der Waals surface area (Å²) in [6.45, 7) is 1.35. The van der Waals surface area contributed by atoms with Gasteiger partial charge in [0.15, 0.2) is 6.10 Å². The highest BCUT2D eigenvalue weighted by Gasteiger charge is 2.31. The van der Waals surface area contributed by atoms with Crippen LogP contribution in [0.4, 0.5) is 11.4 Å². The zero-order valence-electron chi connectivity index (χ0n) is 10.9. The first kappa shape index (κ1) is 13.3. The molecule has 1 atom stereocenters. The summed E-state index contributed by atoms with van der Waals surface area (Å²) in [7, 11) is 0. The first-order valence-corrected chi connectivity index (χ1v) is 6.98. The van der Waals surface area contributed by atoms with E-state index in [-0.39, 0.29) is 0 Å². The van der Waals surface area contributed by atoms with Crippen LogP contribution in [0.5, 0.6) is 0 Å². The summed E-state index contributed by atoms with van der Waals surface area (Å²) in [5.74, 6) is 2.90. The van der Waals surface area contributed by atoms with Crippen molar-refractivity contribution in [2.24, 2.45) is 5.92 Å². The van der Waals surface area contributed by atoms with Crippen molar-refractivity contribution in [2.75, 3.05) is 23.3 Å². The van der Waals surface area contributed by atoms with E-state index in [9.17, 15) is 9.90 Å². The molecule has 0 radical (unpaired) electrons. The number of nitrogens with one attached hydrogen (secondary N) is 1. The van der Waals surface area contributed by atoms with Gasteiger partial charge in [-0.2, -0.15) is 0 Å². The van der Waals surface area contributed by atoms with Crippen LogP contribution in [-0.4, -0.2) is 24.1 Å². The van der Waals surface area contributed by atoms with Crippen molar-refractivity contribution in [1.29, 1.82) is 0 Å². The Hall–Kier alpha value is -1.70. The fourth-order valence-corrected chi connectivity index (χ4v) is 2.76. The third-order valence-corrected chi connectivity index (χ3v) is 4.02. The second kappa shape index (κ2) is 5.01. The predicted molar refractivity (Wildman–Crippen MR) is 78.8 cm³/mol. The van der Waals surface area contributed by atoms with Gasteiger partial charge in [0.25, 0.3) is 5.91 Å². The first-order chi connectivity index (χ1) is 9.60. The van der Waals surface area contributed by atoms with Gasteiger partial charge in [-0.05, 0) is 30.9 Å². The van der Waals surface area contributed by atoms with Gasteiger partial charge < -0.3 is 15.3 Å². The molecule has 1 unspecified atom stereocenters. The van der Waals surface area contributed by atoms with E-state index in [0.717, 1.165) is 12.2 Å². The maximum Gasteiger partial charge on any atom is 0.257 e. The number of fused-ring (bicyclic) bond motifs is 1. The molecule has 1 aliphatic carbocycles. The van der Waals surface area contributed by atoms with E-state index in [2.05, 4.69) is 16.1 Å². The Balaban J connectivity index is 1.94. The summed E-state index contributed by atoms with van der Waals surface area (Å²) in [4.78, 5) is 13.5. The van der Waals surface area contributed by atoms with E-state index < -0.39 is 12.0 Å².